The molecule has 2 N–H and O–H groups in total. The largest absolute Gasteiger partial charge is 0.446 e. The Labute approximate surface area is 127 Å². The van der Waals surface area contributed by atoms with Crippen LogP contribution in [0.5, 0.6) is 0 Å². The normalized spacial score (nSPS) is 19.1. The molecule has 0 saturated carbocycles. The lowest BCUT2D eigenvalue weighted by Gasteiger charge is -2.13. The molecule has 1 aliphatic heterocycles. The van der Waals surface area contributed by atoms with Crippen molar-refractivity contribution in [2.24, 2.45) is 0 Å². The first kappa shape index (κ1) is 14.7. The van der Waals surface area contributed by atoms with Crippen molar-refractivity contribution in [3.63, 3.8) is 0 Å². The van der Waals surface area contributed by atoms with Gasteiger partial charge in [-0.15, -0.1) is 0 Å². The smallest absolute Gasteiger partial charge is 0.273 e. The Morgan fingerprint density at radius 2 is 2.23 bits per heavy atom. The number of hydrogen-bond donors (Lipinski definition) is 2. The summed E-state index contributed by atoms with van der Waals surface area (Å²) < 4.78 is 18.3. The predicted octanol–water partition coefficient (Wildman–Crippen LogP) is 2.73. The second-order valence-electron chi connectivity index (χ2n) is 5.47. The summed E-state index contributed by atoms with van der Waals surface area (Å²) in [6.07, 6.45) is 3.42. The van der Waals surface area contributed by atoms with Crippen LogP contribution in [-0.2, 0) is 0 Å². The lowest BCUT2D eigenvalue weighted by molar-refractivity contribution is 0.0934. The highest BCUT2D eigenvalue weighted by atomic mass is 19.1. The first-order valence-corrected chi connectivity index (χ1v) is 7.38. The lowest BCUT2D eigenvalue weighted by Crippen LogP contribution is -2.27. The van der Waals surface area contributed by atoms with Crippen molar-refractivity contribution in [2.75, 3.05) is 6.54 Å². The second kappa shape index (κ2) is 6.27. The van der Waals surface area contributed by atoms with E-state index in [1.54, 1.807) is 12.1 Å². The maximum atomic E-state index is 12.9. The van der Waals surface area contributed by atoms with Crippen LogP contribution in [-0.4, -0.2) is 17.4 Å². The van der Waals surface area contributed by atoms with Crippen LogP contribution in [0, 0.1) is 5.82 Å². The van der Waals surface area contributed by atoms with Gasteiger partial charge in [-0.05, 0) is 44.0 Å². The number of carbonyl (C=O) groups is 1. The molecule has 116 valence electrons. The SMILES string of the molecule is CC(NC(=O)c1coc(C2CCCN2)n1)c1ccc(F)cc1. The van der Waals surface area contributed by atoms with Gasteiger partial charge in [-0.25, -0.2) is 9.37 Å². The molecule has 0 bridgehead atoms. The minimum atomic E-state index is -0.301. The Bertz CT molecular complexity index is 648. The monoisotopic (exact) mass is 303 g/mol. The summed E-state index contributed by atoms with van der Waals surface area (Å²) in [5, 5.41) is 6.11. The number of aromatic nitrogens is 1. The van der Waals surface area contributed by atoms with Gasteiger partial charge in [0.15, 0.2) is 5.69 Å². The third kappa shape index (κ3) is 3.17. The molecule has 0 radical (unpaired) electrons. The number of amides is 1. The number of nitrogens with zero attached hydrogens (tertiary/aromatic N) is 1. The fourth-order valence-electron chi connectivity index (χ4n) is 2.55. The standard InChI is InChI=1S/C16H18FN3O2/c1-10(11-4-6-12(17)7-5-11)19-15(21)14-9-22-16(20-14)13-3-2-8-18-13/h4-7,9-10,13,18H,2-3,8H2,1H3,(H,19,21). The molecular formula is C16H18FN3O2. The Kier molecular flexibility index (Phi) is 4.20. The summed E-state index contributed by atoms with van der Waals surface area (Å²) >= 11 is 0. The van der Waals surface area contributed by atoms with E-state index in [0.717, 1.165) is 24.9 Å². The van der Waals surface area contributed by atoms with Crippen LogP contribution in [0.2, 0.25) is 0 Å². The summed E-state index contributed by atoms with van der Waals surface area (Å²) in [6, 6.07) is 5.90. The van der Waals surface area contributed by atoms with Crippen LogP contribution in [0.1, 0.15) is 53.8 Å². The van der Waals surface area contributed by atoms with Crippen molar-refractivity contribution in [1.82, 2.24) is 15.6 Å². The topological polar surface area (TPSA) is 67.2 Å². The number of halogens is 1. The van der Waals surface area contributed by atoms with Crippen molar-refractivity contribution in [2.45, 2.75) is 31.8 Å². The van der Waals surface area contributed by atoms with Gasteiger partial charge in [-0.2, -0.15) is 0 Å². The third-order valence-electron chi connectivity index (χ3n) is 3.83. The average molecular weight is 303 g/mol. The summed E-state index contributed by atoms with van der Waals surface area (Å²) in [5.41, 5.74) is 1.09. The van der Waals surface area contributed by atoms with Gasteiger partial charge >= 0.3 is 0 Å². The van der Waals surface area contributed by atoms with Crippen molar-refractivity contribution < 1.29 is 13.6 Å². The van der Waals surface area contributed by atoms with Crippen LogP contribution in [0.3, 0.4) is 0 Å². The van der Waals surface area contributed by atoms with Gasteiger partial charge in [-0.1, -0.05) is 12.1 Å². The van der Waals surface area contributed by atoms with Crippen molar-refractivity contribution >= 4 is 5.91 Å². The van der Waals surface area contributed by atoms with E-state index < -0.39 is 0 Å². The molecule has 22 heavy (non-hydrogen) atoms. The second-order valence-corrected chi connectivity index (χ2v) is 5.47. The molecule has 3 rings (SSSR count). The van der Waals surface area contributed by atoms with E-state index in [-0.39, 0.29) is 29.5 Å². The van der Waals surface area contributed by atoms with Gasteiger partial charge in [0.25, 0.3) is 5.91 Å². The summed E-state index contributed by atoms with van der Waals surface area (Å²) in [5.74, 6) is -0.0469. The summed E-state index contributed by atoms with van der Waals surface area (Å²) in [7, 11) is 0. The highest BCUT2D eigenvalue weighted by Crippen LogP contribution is 2.22. The Balaban J connectivity index is 1.65. The lowest BCUT2D eigenvalue weighted by atomic mass is 10.1. The Morgan fingerprint density at radius 3 is 2.91 bits per heavy atom. The molecular weight excluding hydrogens is 285 g/mol. The summed E-state index contributed by atoms with van der Waals surface area (Å²) in [6.45, 7) is 2.78. The third-order valence-corrected chi connectivity index (χ3v) is 3.83. The fraction of sp³-hybridized carbons (Fsp3) is 0.375. The molecule has 1 fully saturated rings. The van der Waals surface area contributed by atoms with E-state index in [0.29, 0.717) is 5.89 Å². The zero-order chi connectivity index (χ0) is 15.5. The average Bonchev–Trinajstić information content (AvgIpc) is 3.19. The van der Waals surface area contributed by atoms with E-state index >= 15 is 0 Å². The van der Waals surface area contributed by atoms with Crippen molar-refractivity contribution in [3.05, 3.63) is 53.5 Å². The zero-order valence-electron chi connectivity index (χ0n) is 12.3. The molecule has 2 heterocycles. The van der Waals surface area contributed by atoms with Crippen molar-refractivity contribution in [3.8, 4) is 0 Å². The van der Waals surface area contributed by atoms with Gasteiger partial charge in [0.05, 0.1) is 12.1 Å². The molecule has 2 unspecified atom stereocenters. The number of rotatable bonds is 4. The van der Waals surface area contributed by atoms with E-state index in [1.807, 2.05) is 6.92 Å². The van der Waals surface area contributed by atoms with Gasteiger partial charge in [0.2, 0.25) is 5.89 Å². The highest BCUT2D eigenvalue weighted by Gasteiger charge is 2.23. The molecule has 1 amide bonds. The molecule has 2 aromatic rings. The Hall–Kier alpha value is -2.21. The molecule has 0 spiro atoms. The van der Waals surface area contributed by atoms with Crippen LogP contribution in [0.4, 0.5) is 4.39 Å². The van der Waals surface area contributed by atoms with Gasteiger partial charge in [0, 0.05) is 0 Å². The number of hydrogen-bond acceptors (Lipinski definition) is 4. The van der Waals surface area contributed by atoms with Crippen LogP contribution in [0.25, 0.3) is 0 Å². The predicted molar refractivity (Wildman–Crippen MR) is 78.8 cm³/mol. The number of oxazole rings is 1. The van der Waals surface area contributed by atoms with E-state index in [9.17, 15) is 9.18 Å². The molecule has 1 aromatic carbocycles. The fourth-order valence-corrected chi connectivity index (χ4v) is 2.55. The van der Waals surface area contributed by atoms with E-state index in [4.69, 9.17) is 4.42 Å². The Morgan fingerprint density at radius 1 is 1.45 bits per heavy atom. The van der Waals surface area contributed by atoms with Crippen LogP contribution in [0.15, 0.2) is 34.9 Å². The zero-order valence-corrected chi connectivity index (χ0v) is 12.3. The minimum Gasteiger partial charge on any atom is -0.446 e. The van der Waals surface area contributed by atoms with E-state index in [1.165, 1.54) is 18.4 Å². The van der Waals surface area contributed by atoms with Crippen LogP contribution < -0.4 is 10.6 Å². The van der Waals surface area contributed by atoms with E-state index in [2.05, 4.69) is 15.6 Å². The molecule has 0 aliphatic carbocycles. The maximum absolute atomic E-state index is 12.9. The molecule has 5 nitrogen and oxygen atoms in total. The van der Waals surface area contributed by atoms with Crippen LogP contribution >= 0.6 is 0 Å². The van der Waals surface area contributed by atoms with Crippen molar-refractivity contribution in [1.29, 1.82) is 0 Å². The quantitative estimate of drug-likeness (QED) is 0.911. The maximum Gasteiger partial charge on any atom is 0.273 e. The first-order valence-electron chi connectivity index (χ1n) is 7.38. The van der Waals surface area contributed by atoms with Gasteiger partial charge in [0.1, 0.15) is 12.1 Å². The van der Waals surface area contributed by atoms with Gasteiger partial charge < -0.3 is 15.1 Å². The minimum absolute atomic E-state index is 0.0936. The number of benzene rings is 1. The molecule has 1 saturated heterocycles. The molecule has 6 heteroatoms. The molecule has 1 aromatic heterocycles. The number of nitrogens with one attached hydrogen (secondary N) is 2. The molecule has 1 aliphatic rings. The molecule has 2 atom stereocenters. The first-order chi connectivity index (χ1) is 10.6. The highest BCUT2D eigenvalue weighted by molar-refractivity contribution is 5.92. The van der Waals surface area contributed by atoms with Gasteiger partial charge in [-0.3, -0.25) is 4.79 Å². The summed E-state index contributed by atoms with van der Waals surface area (Å²) in [4.78, 5) is 16.4. The number of carbonyl (C=O) groups excluding carboxylic acids is 1.